The van der Waals surface area contributed by atoms with Crippen LogP contribution in [0.5, 0.6) is 0 Å². The van der Waals surface area contributed by atoms with E-state index in [9.17, 15) is 0 Å². The van der Waals surface area contributed by atoms with Crippen molar-refractivity contribution in [2.24, 2.45) is 0 Å². The molecule has 1 N–H and O–H groups in total. The second-order valence-corrected chi connectivity index (χ2v) is 11.0. The molecule has 0 fully saturated rings. The summed E-state index contributed by atoms with van der Waals surface area (Å²) in [6.07, 6.45) is 4.44. The van der Waals surface area contributed by atoms with Crippen LogP contribution < -0.4 is 0 Å². The van der Waals surface area contributed by atoms with Crippen LogP contribution in [0.15, 0.2) is 146 Å². The zero-order chi connectivity index (χ0) is 28.6. The third kappa shape index (κ3) is 4.75. The van der Waals surface area contributed by atoms with Crippen molar-refractivity contribution in [3.05, 3.63) is 162 Å². The fourth-order valence-corrected chi connectivity index (χ4v) is 6.19. The summed E-state index contributed by atoms with van der Waals surface area (Å²) in [5, 5.41) is 1.28. The number of nitrogens with one attached hydrogen (secondary N) is 1. The Labute approximate surface area is 251 Å². The van der Waals surface area contributed by atoms with Crippen molar-refractivity contribution < 1.29 is 0 Å². The maximum Gasteiger partial charge on any atom is 0.160 e. The first-order chi connectivity index (χ1) is 21.3. The largest absolute Gasteiger partial charge is 0.358 e. The summed E-state index contributed by atoms with van der Waals surface area (Å²) < 4.78 is 0. The summed E-state index contributed by atoms with van der Waals surface area (Å²) >= 11 is 0. The molecule has 5 aromatic carbocycles. The Kier molecular flexibility index (Phi) is 6.27. The van der Waals surface area contributed by atoms with E-state index in [0.717, 1.165) is 46.7 Å². The SMILES string of the molecule is C1=C(c2cccc(-c3cc(-c4ccc(-c5ccccc5)cc4)nc(-c4ccccc4)n3)c2)c2c([nH]c3ccccc23)CC1. The monoisotopic (exact) mass is 551 g/mol. The molecule has 1 aliphatic rings. The number of rotatable bonds is 5. The Morgan fingerprint density at radius 3 is 1.88 bits per heavy atom. The van der Waals surface area contributed by atoms with Gasteiger partial charge in [-0.05, 0) is 53.3 Å². The third-order valence-electron chi connectivity index (χ3n) is 8.31. The van der Waals surface area contributed by atoms with Gasteiger partial charge in [-0.15, -0.1) is 0 Å². The van der Waals surface area contributed by atoms with E-state index in [1.807, 2.05) is 24.3 Å². The Morgan fingerprint density at radius 1 is 0.488 bits per heavy atom. The molecule has 3 nitrogen and oxygen atoms in total. The van der Waals surface area contributed by atoms with Gasteiger partial charge in [0.1, 0.15) is 0 Å². The highest BCUT2D eigenvalue weighted by atomic mass is 14.9. The Balaban J connectivity index is 1.23. The number of fused-ring (bicyclic) bond motifs is 3. The van der Waals surface area contributed by atoms with Crippen LogP contribution >= 0.6 is 0 Å². The topological polar surface area (TPSA) is 41.6 Å². The zero-order valence-corrected chi connectivity index (χ0v) is 23.7. The third-order valence-corrected chi connectivity index (χ3v) is 8.31. The van der Waals surface area contributed by atoms with Crippen LogP contribution in [0.4, 0.5) is 0 Å². The number of allylic oxidation sites excluding steroid dienone is 1. The summed E-state index contributed by atoms with van der Waals surface area (Å²) in [6.45, 7) is 0. The number of para-hydroxylation sites is 1. The molecule has 0 bridgehead atoms. The molecule has 204 valence electrons. The normalized spacial score (nSPS) is 12.6. The van der Waals surface area contributed by atoms with E-state index in [1.54, 1.807) is 0 Å². The van der Waals surface area contributed by atoms with E-state index in [-0.39, 0.29) is 0 Å². The Morgan fingerprint density at radius 2 is 1.09 bits per heavy atom. The lowest BCUT2D eigenvalue weighted by Crippen LogP contribution is -2.00. The van der Waals surface area contributed by atoms with Crippen LogP contribution in [0.2, 0.25) is 0 Å². The van der Waals surface area contributed by atoms with Gasteiger partial charge in [0.25, 0.3) is 0 Å². The molecular weight excluding hydrogens is 522 g/mol. The summed E-state index contributed by atoms with van der Waals surface area (Å²) in [6, 6.07) is 48.9. The van der Waals surface area contributed by atoms with Gasteiger partial charge in [0.2, 0.25) is 0 Å². The number of nitrogens with zero attached hydrogens (tertiary/aromatic N) is 2. The number of benzene rings is 5. The van der Waals surface area contributed by atoms with Crippen molar-refractivity contribution in [2.75, 3.05) is 0 Å². The van der Waals surface area contributed by atoms with Crippen LogP contribution in [-0.2, 0) is 6.42 Å². The van der Waals surface area contributed by atoms with Gasteiger partial charge in [-0.1, -0.05) is 127 Å². The summed E-state index contributed by atoms with van der Waals surface area (Å²) in [5.74, 6) is 0.724. The van der Waals surface area contributed by atoms with E-state index in [2.05, 4.69) is 126 Å². The van der Waals surface area contributed by atoms with E-state index in [1.165, 1.54) is 44.4 Å². The molecule has 0 amide bonds. The first-order valence-corrected chi connectivity index (χ1v) is 14.8. The molecule has 3 heteroatoms. The maximum absolute atomic E-state index is 5.10. The van der Waals surface area contributed by atoms with Gasteiger partial charge >= 0.3 is 0 Å². The lowest BCUT2D eigenvalue weighted by Gasteiger charge is -2.16. The lowest BCUT2D eigenvalue weighted by molar-refractivity contribution is 0.944. The minimum Gasteiger partial charge on any atom is -0.358 e. The molecule has 2 heterocycles. The number of aryl methyl sites for hydroxylation is 1. The molecule has 0 radical (unpaired) electrons. The molecular formula is C40H29N3. The summed E-state index contributed by atoms with van der Waals surface area (Å²) in [5.41, 5.74) is 13.7. The highest BCUT2D eigenvalue weighted by Gasteiger charge is 2.20. The molecule has 0 aliphatic heterocycles. The van der Waals surface area contributed by atoms with E-state index in [4.69, 9.17) is 9.97 Å². The van der Waals surface area contributed by atoms with Crippen molar-refractivity contribution in [1.29, 1.82) is 0 Å². The van der Waals surface area contributed by atoms with Crippen molar-refractivity contribution in [2.45, 2.75) is 12.8 Å². The van der Waals surface area contributed by atoms with Gasteiger partial charge < -0.3 is 4.98 Å². The van der Waals surface area contributed by atoms with Crippen molar-refractivity contribution >= 4 is 16.5 Å². The predicted octanol–water partition coefficient (Wildman–Crippen LogP) is 10.0. The highest BCUT2D eigenvalue weighted by molar-refractivity contribution is 5.99. The van der Waals surface area contributed by atoms with Gasteiger partial charge in [0.15, 0.2) is 5.82 Å². The number of aromatic amines is 1. The first kappa shape index (κ1) is 25.2. The molecule has 0 spiro atoms. The van der Waals surface area contributed by atoms with E-state index < -0.39 is 0 Å². The molecule has 43 heavy (non-hydrogen) atoms. The quantitative estimate of drug-likeness (QED) is 0.231. The lowest BCUT2D eigenvalue weighted by atomic mass is 9.88. The standard InChI is InChI=1S/C40H29N3/c1-3-11-27(12-4-1)28-21-23-29(24-22-28)37-26-38(43-40(42-37)30-13-5-2-6-14-30)32-16-9-15-31(25-32)33-18-10-20-36-39(33)34-17-7-8-19-35(34)41-36/h1-9,11-19,21-26,41H,10,20H2. The fourth-order valence-electron chi connectivity index (χ4n) is 6.19. The first-order valence-electron chi connectivity index (χ1n) is 14.8. The molecule has 0 atom stereocenters. The second kappa shape index (κ2) is 10.7. The number of hydrogen-bond acceptors (Lipinski definition) is 2. The highest BCUT2D eigenvalue weighted by Crippen LogP contribution is 2.38. The van der Waals surface area contributed by atoms with Crippen LogP contribution in [-0.4, -0.2) is 15.0 Å². The van der Waals surface area contributed by atoms with Crippen LogP contribution in [0.25, 0.3) is 61.5 Å². The minimum atomic E-state index is 0.724. The molecule has 0 saturated heterocycles. The number of aromatic nitrogens is 3. The average Bonchev–Trinajstić information content (AvgIpc) is 3.48. The van der Waals surface area contributed by atoms with Gasteiger partial charge in [0.05, 0.1) is 11.4 Å². The van der Waals surface area contributed by atoms with Crippen molar-refractivity contribution in [1.82, 2.24) is 15.0 Å². The van der Waals surface area contributed by atoms with Crippen molar-refractivity contribution in [3.8, 4) is 45.0 Å². The van der Waals surface area contributed by atoms with Gasteiger partial charge in [0, 0.05) is 38.9 Å². The smallest absolute Gasteiger partial charge is 0.160 e. The van der Waals surface area contributed by atoms with Crippen LogP contribution in [0.1, 0.15) is 23.2 Å². The van der Waals surface area contributed by atoms with Crippen LogP contribution in [0.3, 0.4) is 0 Å². The van der Waals surface area contributed by atoms with E-state index in [0.29, 0.717) is 0 Å². The van der Waals surface area contributed by atoms with Gasteiger partial charge in [-0.3, -0.25) is 0 Å². The number of hydrogen-bond donors (Lipinski definition) is 1. The molecule has 7 aromatic rings. The molecule has 0 saturated carbocycles. The predicted molar refractivity (Wildman–Crippen MR) is 177 cm³/mol. The van der Waals surface area contributed by atoms with E-state index >= 15 is 0 Å². The van der Waals surface area contributed by atoms with Crippen LogP contribution in [0, 0.1) is 0 Å². The summed E-state index contributed by atoms with van der Waals surface area (Å²) in [7, 11) is 0. The Bertz CT molecular complexity index is 2100. The van der Waals surface area contributed by atoms with Crippen molar-refractivity contribution in [3.63, 3.8) is 0 Å². The minimum absolute atomic E-state index is 0.724. The van der Waals surface area contributed by atoms with Gasteiger partial charge in [-0.25, -0.2) is 9.97 Å². The molecule has 1 aliphatic carbocycles. The summed E-state index contributed by atoms with van der Waals surface area (Å²) in [4.78, 5) is 13.8. The maximum atomic E-state index is 5.10. The van der Waals surface area contributed by atoms with Gasteiger partial charge in [-0.2, -0.15) is 0 Å². The second-order valence-electron chi connectivity index (χ2n) is 11.0. The molecule has 2 aromatic heterocycles. The molecule has 8 rings (SSSR count). The zero-order valence-electron chi connectivity index (χ0n) is 23.7. The number of H-pyrrole nitrogens is 1. The average molecular weight is 552 g/mol. The molecule has 0 unspecified atom stereocenters. The fraction of sp³-hybridized carbons (Fsp3) is 0.0500. The Hall–Kier alpha value is -5.54.